The van der Waals surface area contributed by atoms with Gasteiger partial charge >= 0.3 is 12.0 Å². The Kier molecular flexibility index (Phi) is 4.95. The van der Waals surface area contributed by atoms with Gasteiger partial charge in [-0.3, -0.25) is 9.69 Å². The van der Waals surface area contributed by atoms with Crippen LogP contribution in [0.15, 0.2) is 30.3 Å². The number of anilines is 1. The van der Waals surface area contributed by atoms with Gasteiger partial charge in [-0.1, -0.05) is 18.2 Å². The van der Waals surface area contributed by atoms with E-state index >= 15 is 0 Å². The molecule has 1 aromatic carbocycles. The molecule has 1 saturated heterocycles. The van der Waals surface area contributed by atoms with Crippen molar-refractivity contribution < 1.29 is 19.4 Å². The molecule has 0 saturated carbocycles. The van der Waals surface area contributed by atoms with Crippen LogP contribution < -0.4 is 4.90 Å². The molecule has 1 aromatic rings. The highest BCUT2D eigenvalue weighted by atomic mass is 16.5. The van der Waals surface area contributed by atoms with E-state index in [9.17, 15) is 9.59 Å². The number of benzene rings is 1. The molecular weight excluding hydrogens is 260 g/mol. The Labute approximate surface area is 117 Å². The van der Waals surface area contributed by atoms with Crippen LogP contribution in [0.4, 0.5) is 10.5 Å². The van der Waals surface area contributed by atoms with E-state index in [1.165, 1.54) is 4.90 Å². The fraction of sp³-hybridized carbons (Fsp3) is 0.429. The maximum absolute atomic E-state index is 12.5. The number of hydrogen-bond acceptors (Lipinski definition) is 3. The van der Waals surface area contributed by atoms with Crippen LogP contribution in [0.1, 0.15) is 6.42 Å². The van der Waals surface area contributed by atoms with E-state index in [-0.39, 0.29) is 12.6 Å². The molecule has 1 heterocycles. The lowest BCUT2D eigenvalue weighted by molar-refractivity contribution is -0.135. The fourth-order valence-corrected chi connectivity index (χ4v) is 2.12. The van der Waals surface area contributed by atoms with E-state index in [0.29, 0.717) is 32.0 Å². The highest BCUT2D eigenvalue weighted by Crippen LogP contribution is 2.16. The average molecular weight is 278 g/mol. The number of carboxylic acid groups (broad SMARTS) is 1. The summed E-state index contributed by atoms with van der Waals surface area (Å²) in [6, 6.07) is 8.56. The molecule has 108 valence electrons. The van der Waals surface area contributed by atoms with Gasteiger partial charge in [0.2, 0.25) is 0 Å². The molecule has 1 aliphatic rings. The van der Waals surface area contributed by atoms with Crippen LogP contribution in [0, 0.1) is 0 Å². The second kappa shape index (κ2) is 6.91. The minimum absolute atomic E-state index is 0.288. The van der Waals surface area contributed by atoms with E-state index in [1.807, 2.05) is 6.07 Å². The first kappa shape index (κ1) is 14.3. The number of carbonyl (C=O) groups is 2. The van der Waals surface area contributed by atoms with E-state index in [4.69, 9.17) is 9.84 Å². The number of carboxylic acids is 1. The predicted molar refractivity (Wildman–Crippen MR) is 73.8 cm³/mol. The Bertz CT molecular complexity index is 456. The summed E-state index contributed by atoms with van der Waals surface area (Å²) in [7, 11) is 0. The zero-order valence-electron chi connectivity index (χ0n) is 11.2. The Morgan fingerprint density at radius 2 is 1.95 bits per heavy atom. The lowest BCUT2D eigenvalue weighted by Gasteiger charge is -2.28. The molecular formula is C14H18N2O4. The first-order valence-electron chi connectivity index (χ1n) is 6.59. The number of hydrogen-bond donors (Lipinski definition) is 1. The van der Waals surface area contributed by atoms with Crippen LogP contribution in [0.5, 0.6) is 0 Å². The van der Waals surface area contributed by atoms with Crippen LogP contribution in [-0.4, -0.2) is 54.9 Å². The number of amides is 2. The summed E-state index contributed by atoms with van der Waals surface area (Å²) in [4.78, 5) is 26.4. The van der Waals surface area contributed by atoms with Gasteiger partial charge < -0.3 is 14.7 Å². The molecule has 0 aliphatic carbocycles. The summed E-state index contributed by atoms with van der Waals surface area (Å²) in [5.74, 6) is -1.03. The van der Waals surface area contributed by atoms with E-state index in [0.717, 1.165) is 6.42 Å². The molecule has 6 heteroatoms. The summed E-state index contributed by atoms with van der Waals surface area (Å²) in [6.45, 7) is 1.85. The van der Waals surface area contributed by atoms with Crippen LogP contribution >= 0.6 is 0 Å². The van der Waals surface area contributed by atoms with Crippen LogP contribution in [-0.2, 0) is 9.53 Å². The van der Waals surface area contributed by atoms with E-state index < -0.39 is 5.97 Å². The number of ether oxygens (including phenoxy) is 1. The van der Waals surface area contributed by atoms with Gasteiger partial charge in [0.15, 0.2) is 0 Å². The van der Waals surface area contributed by atoms with E-state index in [2.05, 4.69) is 0 Å². The van der Waals surface area contributed by atoms with Gasteiger partial charge in [0.05, 0.1) is 6.61 Å². The molecule has 6 nitrogen and oxygen atoms in total. The van der Waals surface area contributed by atoms with Gasteiger partial charge in [-0.15, -0.1) is 0 Å². The Morgan fingerprint density at radius 3 is 2.65 bits per heavy atom. The number of nitrogens with zero attached hydrogens (tertiary/aromatic N) is 2. The van der Waals surface area contributed by atoms with Crippen molar-refractivity contribution in [3.05, 3.63) is 30.3 Å². The summed E-state index contributed by atoms with van der Waals surface area (Å²) < 4.78 is 5.31. The maximum Gasteiger partial charge on any atom is 0.325 e. The van der Waals surface area contributed by atoms with Crippen molar-refractivity contribution in [2.24, 2.45) is 0 Å². The second-order valence-corrected chi connectivity index (χ2v) is 4.55. The number of aliphatic carboxylic acids is 1. The second-order valence-electron chi connectivity index (χ2n) is 4.55. The molecule has 0 bridgehead atoms. The quantitative estimate of drug-likeness (QED) is 0.907. The van der Waals surface area contributed by atoms with Crippen molar-refractivity contribution >= 4 is 17.7 Å². The fourth-order valence-electron chi connectivity index (χ4n) is 2.12. The summed E-state index contributed by atoms with van der Waals surface area (Å²) in [6.07, 6.45) is 0.765. The van der Waals surface area contributed by atoms with Crippen LogP contribution in [0.25, 0.3) is 0 Å². The number of carbonyl (C=O) groups excluding carboxylic acids is 1. The molecule has 1 fully saturated rings. The Morgan fingerprint density at radius 1 is 1.20 bits per heavy atom. The zero-order valence-corrected chi connectivity index (χ0v) is 11.2. The third kappa shape index (κ3) is 3.71. The monoisotopic (exact) mass is 278 g/mol. The molecule has 20 heavy (non-hydrogen) atoms. The van der Waals surface area contributed by atoms with Crippen molar-refractivity contribution in [2.75, 3.05) is 37.7 Å². The maximum atomic E-state index is 12.5. The lowest BCUT2D eigenvalue weighted by atomic mass is 10.3. The molecule has 1 aliphatic heterocycles. The SMILES string of the molecule is O=C(O)CN(C(=O)N1CCCOCC1)c1ccccc1. The smallest absolute Gasteiger partial charge is 0.325 e. The van der Waals surface area contributed by atoms with Crippen LogP contribution in [0.2, 0.25) is 0 Å². The number of urea groups is 1. The van der Waals surface area contributed by atoms with Gasteiger partial charge in [0, 0.05) is 25.4 Å². The molecule has 0 unspecified atom stereocenters. The first-order valence-corrected chi connectivity index (χ1v) is 6.59. The van der Waals surface area contributed by atoms with Crippen molar-refractivity contribution in [3.63, 3.8) is 0 Å². The zero-order chi connectivity index (χ0) is 14.4. The predicted octanol–water partition coefficient (Wildman–Crippen LogP) is 1.42. The Hall–Kier alpha value is -2.08. The van der Waals surface area contributed by atoms with Gasteiger partial charge in [0.1, 0.15) is 6.54 Å². The Balaban J connectivity index is 2.17. The van der Waals surface area contributed by atoms with Gasteiger partial charge in [-0.2, -0.15) is 0 Å². The minimum atomic E-state index is -1.03. The molecule has 0 spiro atoms. The minimum Gasteiger partial charge on any atom is -0.480 e. The number of rotatable bonds is 3. The standard InChI is InChI=1S/C14H18N2O4/c17-13(18)11-16(12-5-2-1-3-6-12)14(19)15-7-4-9-20-10-8-15/h1-3,5-6H,4,7-11H2,(H,17,18). The molecule has 0 radical (unpaired) electrons. The van der Waals surface area contributed by atoms with Crippen molar-refractivity contribution in [1.82, 2.24) is 4.90 Å². The first-order chi connectivity index (χ1) is 9.68. The molecule has 1 N–H and O–H groups in total. The van der Waals surface area contributed by atoms with Crippen molar-refractivity contribution in [2.45, 2.75) is 6.42 Å². The highest BCUT2D eigenvalue weighted by Gasteiger charge is 2.24. The summed E-state index contributed by atoms with van der Waals surface area (Å²) in [5.41, 5.74) is 0.588. The summed E-state index contributed by atoms with van der Waals surface area (Å²) >= 11 is 0. The van der Waals surface area contributed by atoms with Gasteiger partial charge in [-0.05, 0) is 18.6 Å². The lowest BCUT2D eigenvalue weighted by Crippen LogP contribution is -2.46. The topological polar surface area (TPSA) is 70.1 Å². The number of para-hydroxylation sites is 1. The largest absolute Gasteiger partial charge is 0.480 e. The average Bonchev–Trinajstić information content (AvgIpc) is 2.74. The highest BCUT2D eigenvalue weighted by molar-refractivity contribution is 5.96. The van der Waals surface area contributed by atoms with Crippen molar-refractivity contribution in [3.8, 4) is 0 Å². The van der Waals surface area contributed by atoms with Crippen molar-refractivity contribution in [1.29, 1.82) is 0 Å². The van der Waals surface area contributed by atoms with Crippen LogP contribution in [0.3, 0.4) is 0 Å². The molecule has 2 rings (SSSR count). The van der Waals surface area contributed by atoms with Gasteiger partial charge in [-0.25, -0.2) is 4.79 Å². The van der Waals surface area contributed by atoms with Gasteiger partial charge in [0.25, 0.3) is 0 Å². The molecule has 2 amide bonds. The molecule has 0 aromatic heterocycles. The van der Waals surface area contributed by atoms with E-state index in [1.54, 1.807) is 29.2 Å². The summed E-state index contributed by atoms with van der Waals surface area (Å²) in [5, 5.41) is 9.01. The third-order valence-electron chi connectivity index (χ3n) is 3.08. The normalized spacial score (nSPS) is 15.5. The molecule has 0 atom stereocenters. The third-order valence-corrected chi connectivity index (χ3v) is 3.08.